The summed E-state index contributed by atoms with van der Waals surface area (Å²) in [5, 5.41) is 10.8. The van der Waals surface area contributed by atoms with Crippen LogP contribution in [0.15, 0.2) is 42.6 Å². The Hall–Kier alpha value is -2.31. The van der Waals surface area contributed by atoms with E-state index in [1.165, 1.54) is 0 Å². The Labute approximate surface area is 166 Å². The van der Waals surface area contributed by atoms with Crippen molar-refractivity contribution < 1.29 is 14.6 Å². The zero-order valence-corrected chi connectivity index (χ0v) is 16.7. The Kier molecular flexibility index (Phi) is 5.42. The second-order valence-electron chi connectivity index (χ2n) is 8.44. The van der Waals surface area contributed by atoms with E-state index in [1.54, 1.807) is 0 Å². The van der Waals surface area contributed by atoms with Gasteiger partial charge >= 0.3 is 0 Å². The number of nitrogens with zero attached hydrogens (tertiary/aromatic N) is 3. The predicted molar refractivity (Wildman–Crippen MR) is 109 cm³/mol. The van der Waals surface area contributed by atoms with E-state index in [4.69, 9.17) is 9.47 Å². The molecule has 6 nitrogen and oxygen atoms in total. The lowest BCUT2D eigenvalue weighted by molar-refractivity contribution is 0.109. The molecular weight excluding hydrogens is 354 g/mol. The van der Waals surface area contributed by atoms with Crippen LogP contribution in [0.4, 0.5) is 5.82 Å². The van der Waals surface area contributed by atoms with Gasteiger partial charge in [-0.15, -0.1) is 0 Å². The van der Waals surface area contributed by atoms with Crippen LogP contribution in [0.2, 0.25) is 0 Å². The van der Waals surface area contributed by atoms with Gasteiger partial charge in [-0.05, 0) is 29.8 Å². The summed E-state index contributed by atoms with van der Waals surface area (Å²) in [6, 6.07) is 11.8. The molecule has 0 amide bonds. The number of hydrogen-bond acceptors (Lipinski definition) is 6. The first kappa shape index (κ1) is 19.0. The number of pyridine rings is 1. The number of fused-ring (bicyclic) bond motifs is 1. The van der Waals surface area contributed by atoms with Crippen molar-refractivity contribution in [3.63, 3.8) is 0 Å². The van der Waals surface area contributed by atoms with Gasteiger partial charge in [0.15, 0.2) is 11.5 Å². The number of ether oxygens (including phenoxy) is 2. The van der Waals surface area contributed by atoms with Crippen LogP contribution in [0, 0.1) is 5.41 Å². The summed E-state index contributed by atoms with van der Waals surface area (Å²) in [5.41, 5.74) is 0.847. The normalized spacial score (nSPS) is 20.5. The fourth-order valence-electron chi connectivity index (χ4n) is 3.60. The molecule has 2 aliphatic heterocycles. The van der Waals surface area contributed by atoms with Crippen LogP contribution >= 0.6 is 0 Å². The second-order valence-corrected chi connectivity index (χ2v) is 8.44. The fourth-order valence-corrected chi connectivity index (χ4v) is 3.60. The van der Waals surface area contributed by atoms with Crippen molar-refractivity contribution in [2.45, 2.75) is 20.0 Å². The highest BCUT2D eigenvalue weighted by Gasteiger charge is 2.26. The van der Waals surface area contributed by atoms with E-state index < -0.39 is 6.10 Å². The van der Waals surface area contributed by atoms with Gasteiger partial charge in [0.2, 0.25) is 0 Å². The maximum absolute atomic E-state index is 10.8. The van der Waals surface area contributed by atoms with Crippen molar-refractivity contribution in [1.82, 2.24) is 9.88 Å². The number of benzene rings is 1. The van der Waals surface area contributed by atoms with Crippen molar-refractivity contribution in [2.24, 2.45) is 5.41 Å². The summed E-state index contributed by atoms with van der Waals surface area (Å²) in [6.45, 7) is 9.75. The Bertz CT molecular complexity index is 789. The minimum Gasteiger partial charge on any atom is -0.489 e. The van der Waals surface area contributed by atoms with Gasteiger partial charge in [-0.3, -0.25) is 4.90 Å². The maximum atomic E-state index is 10.8. The molecule has 2 aromatic rings. The molecule has 3 heterocycles. The van der Waals surface area contributed by atoms with Gasteiger partial charge < -0.3 is 19.5 Å². The quantitative estimate of drug-likeness (QED) is 0.876. The number of hydrogen-bond donors (Lipinski definition) is 1. The lowest BCUT2D eigenvalue weighted by Gasteiger charge is -2.36. The molecule has 150 valence electrons. The van der Waals surface area contributed by atoms with Crippen LogP contribution in [0.5, 0.6) is 11.5 Å². The first-order chi connectivity index (χ1) is 13.5. The van der Waals surface area contributed by atoms with Gasteiger partial charge in [0.05, 0.1) is 19.3 Å². The zero-order valence-electron chi connectivity index (χ0n) is 16.7. The van der Waals surface area contributed by atoms with Gasteiger partial charge in [0.1, 0.15) is 5.82 Å². The molecule has 1 aromatic heterocycles. The van der Waals surface area contributed by atoms with E-state index in [9.17, 15) is 5.11 Å². The third-order valence-corrected chi connectivity index (χ3v) is 5.37. The third-order valence-electron chi connectivity index (χ3n) is 5.37. The average molecular weight is 383 g/mol. The number of β-amino-alcohol motifs (C(OH)–C–C–N with tert-alkyl or cyclic N) is 1. The highest BCUT2D eigenvalue weighted by atomic mass is 16.5. The molecule has 1 fully saturated rings. The molecule has 1 unspecified atom stereocenters. The minimum absolute atomic E-state index is 0.0227. The Morgan fingerprint density at radius 2 is 1.79 bits per heavy atom. The van der Waals surface area contributed by atoms with E-state index in [2.05, 4.69) is 28.6 Å². The summed E-state index contributed by atoms with van der Waals surface area (Å²) in [4.78, 5) is 9.02. The largest absolute Gasteiger partial charge is 0.489 e. The fraction of sp³-hybridized carbons (Fsp3) is 0.500. The van der Waals surface area contributed by atoms with Gasteiger partial charge in [-0.25, -0.2) is 4.98 Å². The Balaban J connectivity index is 1.35. The SMILES string of the molecule is CC1(C)COc2ccc(C(O)CN3CCN(c4ccccn4)CC3)cc2OC1. The van der Waals surface area contributed by atoms with Crippen LogP contribution in [-0.2, 0) is 0 Å². The summed E-state index contributed by atoms with van der Waals surface area (Å²) >= 11 is 0. The molecule has 0 bridgehead atoms. The lowest BCUT2D eigenvalue weighted by atomic mass is 9.97. The summed E-state index contributed by atoms with van der Waals surface area (Å²) in [5.74, 6) is 2.50. The molecule has 28 heavy (non-hydrogen) atoms. The van der Waals surface area contributed by atoms with E-state index in [0.29, 0.717) is 19.8 Å². The van der Waals surface area contributed by atoms with Crippen molar-refractivity contribution in [3.05, 3.63) is 48.2 Å². The minimum atomic E-state index is -0.549. The van der Waals surface area contributed by atoms with Crippen LogP contribution in [0.1, 0.15) is 25.5 Å². The third kappa shape index (κ3) is 4.39. The lowest BCUT2D eigenvalue weighted by Crippen LogP contribution is -2.47. The summed E-state index contributed by atoms with van der Waals surface area (Å²) in [6.07, 6.45) is 1.28. The Morgan fingerprint density at radius 1 is 1.04 bits per heavy atom. The van der Waals surface area contributed by atoms with Crippen LogP contribution in [-0.4, -0.2) is 60.9 Å². The number of anilines is 1. The number of aromatic nitrogens is 1. The van der Waals surface area contributed by atoms with E-state index >= 15 is 0 Å². The number of rotatable bonds is 4. The van der Waals surface area contributed by atoms with Gasteiger partial charge in [-0.1, -0.05) is 26.0 Å². The van der Waals surface area contributed by atoms with Crippen LogP contribution in [0.3, 0.4) is 0 Å². The number of aliphatic hydroxyl groups is 1. The van der Waals surface area contributed by atoms with Gasteiger partial charge in [0.25, 0.3) is 0 Å². The smallest absolute Gasteiger partial charge is 0.161 e. The predicted octanol–water partition coefficient (Wildman–Crippen LogP) is 2.73. The molecule has 0 spiro atoms. The second kappa shape index (κ2) is 7.97. The van der Waals surface area contributed by atoms with Gasteiger partial charge in [0, 0.05) is 44.3 Å². The van der Waals surface area contributed by atoms with E-state index in [0.717, 1.165) is 49.1 Å². The molecule has 6 heteroatoms. The van der Waals surface area contributed by atoms with Crippen molar-refractivity contribution >= 4 is 5.82 Å². The van der Waals surface area contributed by atoms with Crippen molar-refractivity contribution in [1.29, 1.82) is 0 Å². The molecule has 0 radical (unpaired) electrons. The summed E-state index contributed by atoms with van der Waals surface area (Å²) < 4.78 is 11.8. The molecular formula is C22H29N3O3. The van der Waals surface area contributed by atoms with Gasteiger partial charge in [-0.2, -0.15) is 0 Å². The average Bonchev–Trinajstić information content (AvgIpc) is 2.87. The molecule has 1 aromatic carbocycles. The zero-order chi connectivity index (χ0) is 19.6. The van der Waals surface area contributed by atoms with Crippen LogP contribution in [0.25, 0.3) is 0 Å². The molecule has 2 aliphatic rings. The number of aliphatic hydroxyl groups excluding tert-OH is 1. The van der Waals surface area contributed by atoms with E-state index in [-0.39, 0.29) is 5.41 Å². The molecule has 1 N–H and O–H groups in total. The monoisotopic (exact) mass is 383 g/mol. The molecule has 0 aliphatic carbocycles. The van der Waals surface area contributed by atoms with Crippen molar-refractivity contribution in [2.75, 3.05) is 50.8 Å². The first-order valence-corrected chi connectivity index (χ1v) is 9.96. The summed E-state index contributed by atoms with van der Waals surface area (Å²) in [7, 11) is 0. The number of piperazine rings is 1. The first-order valence-electron chi connectivity index (χ1n) is 9.96. The highest BCUT2D eigenvalue weighted by molar-refractivity contribution is 5.44. The highest BCUT2D eigenvalue weighted by Crippen LogP contribution is 2.35. The molecule has 1 atom stereocenters. The standard InChI is InChI=1S/C22H29N3O3/c1-22(2)15-27-19-7-6-17(13-20(19)28-16-22)18(26)14-24-9-11-25(12-10-24)21-5-3-4-8-23-21/h3-8,13,18,26H,9-12,14-16H2,1-2H3. The molecule has 0 saturated carbocycles. The van der Waals surface area contributed by atoms with E-state index in [1.807, 2.05) is 42.6 Å². The topological polar surface area (TPSA) is 58.1 Å². The molecule has 4 rings (SSSR count). The molecule has 1 saturated heterocycles. The van der Waals surface area contributed by atoms with Crippen molar-refractivity contribution in [3.8, 4) is 11.5 Å². The Morgan fingerprint density at radius 3 is 2.50 bits per heavy atom. The maximum Gasteiger partial charge on any atom is 0.161 e. The van der Waals surface area contributed by atoms with Crippen LogP contribution < -0.4 is 14.4 Å².